The molecular weight excluding hydrogens is 156 g/mol. The van der Waals surface area contributed by atoms with Crippen molar-refractivity contribution in [3.63, 3.8) is 0 Å². The third kappa shape index (κ3) is 2.04. The maximum absolute atomic E-state index is 2.36. The second-order valence-electron chi connectivity index (χ2n) is 4.55. The van der Waals surface area contributed by atoms with Crippen molar-refractivity contribution in [2.75, 3.05) is 0 Å². The molecule has 2 unspecified atom stereocenters. The van der Waals surface area contributed by atoms with Crippen LogP contribution in [0.5, 0.6) is 0 Å². The Kier molecular flexibility index (Phi) is 2.87. The fraction of sp³-hybridized carbons (Fsp3) is 0.692. The van der Waals surface area contributed by atoms with Gasteiger partial charge in [0.2, 0.25) is 0 Å². The Morgan fingerprint density at radius 2 is 2.38 bits per heavy atom. The molecule has 0 heteroatoms. The van der Waals surface area contributed by atoms with E-state index in [0.717, 1.165) is 11.8 Å². The molecule has 0 N–H and O–H groups in total. The Hall–Kier alpha value is -0.520. The van der Waals surface area contributed by atoms with Gasteiger partial charge in [-0.15, -0.1) is 0 Å². The molecule has 2 aliphatic rings. The van der Waals surface area contributed by atoms with Gasteiger partial charge in [-0.25, -0.2) is 0 Å². The first-order valence-corrected chi connectivity index (χ1v) is 5.75. The number of fused-ring (bicyclic) bond motifs is 1. The Bertz CT molecular complexity index is 222. The van der Waals surface area contributed by atoms with E-state index in [4.69, 9.17) is 0 Å². The summed E-state index contributed by atoms with van der Waals surface area (Å²) < 4.78 is 0. The van der Waals surface area contributed by atoms with Crippen molar-refractivity contribution in [2.24, 2.45) is 11.8 Å². The lowest BCUT2D eigenvalue weighted by Crippen LogP contribution is -1.98. The second kappa shape index (κ2) is 4.13. The van der Waals surface area contributed by atoms with Crippen molar-refractivity contribution < 1.29 is 0 Å². The van der Waals surface area contributed by atoms with Crippen LogP contribution < -0.4 is 0 Å². The summed E-state index contributed by atoms with van der Waals surface area (Å²) in [6.45, 7) is 2.29. The second-order valence-corrected chi connectivity index (χ2v) is 4.55. The van der Waals surface area contributed by atoms with Gasteiger partial charge in [-0.1, -0.05) is 50.0 Å². The van der Waals surface area contributed by atoms with E-state index in [1.807, 2.05) is 0 Å². The van der Waals surface area contributed by atoms with Crippen LogP contribution in [0, 0.1) is 11.8 Å². The average Bonchev–Trinajstić information content (AvgIpc) is 2.57. The van der Waals surface area contributed by atoms with Crippen molar-refractivity contribution in [3.8, 4) is 0 Å². The molecule has 1 saturated carbocycles. The molecule has 0 radical (unpaired) electrons. The van der Waals surface area contributed by atoms with Crippen molar-refractivity contribution in [2.45, 2.75) is 45.4 Å². The van der Waals surface area contributed by atoms with Crippen LogP contribution in [-0.4, -0.2) is 0 Å². The van der Waals surface area contributed by atoms with Crippen LogP contribution in [0.25, 0.3) is 0 Å². The summed E-state index contributed by atoms with van der Waals surface area (Å²) in [5.74, 6) is 1.93. The van der Waals surface area contributed by atoms with Crippen molar-refractivity contribution >= 4 is 0 Å². The van der Waals surface area contributed by atoms with E-state index in [1.54, 1.807) is 5.57 Å². The highest BCUT2D eigenvalue weighted by Gasteiger charge is 2.28. The van der Waals surface area contributed by atoms with Gasteiger partial charge in [0.05, 0.1) is 0 Å². The van der Waals surface area contributed by atoms with Crippen molar-refractivity contribution in [1.82, 2.24) is 0 Å². The lowest BCUT2D eigenvalue weighted by molar-refractivity contribution is 0.452. The molecule has 0 heterocycles. The van der Waals surface area contributed by atoms with E-state index < -0.39 is 0 Å². The predicted octanol–water partition coefficient (Wildman–Crippen LogP) is 4.09. The summed E-state index contributed by atoms with van der Waals surface area (Å²) in [6.07, 6.45) is 15.4. The SMILES string of the molecule is CCCCC1CC2=CC=CCC2C1. The Balaban J connectivity index is 1.87. The Morgan fingerprint density at radius 1 is 1.46 bits per heavy atom. The molecule has 0 aromatic rings. The molecule has 1 fully saturated rings. The van der Waals surface area contributed by atoms with Gasteiger partial charge in [0.15, 0.2) is 0 Å². The molecule has 0 aliphatic heterocycles. The first kappa shape index (κ1) is 9.05. The maximum atomic E-state index is 2.36. The highest BCUT2D eigenvalue weighted by atomic mass is 14.3. The highest BCUT2D eigenvalue weighted by molar-refractivity contribution is 5.24. The topological polar surface area (TPSA) is 0 Å². The minimum absolute atomic E-state index is 0.923. The van der Waals surface area contributed by atoms with Crippen LogP contribution in [0.1, 0.15) is 45.4 Å². The van der Waals surface area contributed by atoms with Gasteiger partial charge in [0.1, 0.15) is 0 Å². The Labute approximate surface area is 81.7 Å². The minimum atomic E-state index is 0.923. The summed E-state index contributed by atoms with van der Waals surface area (Å²) in [7, 11) is 0. The van der Waals surface area contributed by atoms with Crippen LogP contribution in [0.3, 0.4) is 0 Å². The lowest BCUT2D eigenvalue weighted by Gasteiger charge is -2.11. The van der Waals surface area contributed by atoms with Crippen LogP contribution in [0.4, 0.5) is 0 Å². The third-order valence-corrected chi connectivity index (χ3v) is 3.50. The summed E-state index contributed by atoms with van der Waals surface area (Å²) in [5.41, 5.74) is 1.74. The molecule has 0 aromatic heterocycles. The van der Waals surface area contributed by atoms with E-state index >= 15 is 0 Å². The molecule has 0 amide bonds. The molecule has 0 nitrogen and oxygen atoms in total. The fourth-order valence-electron chi connectivity index (χ4n) is 2.74. The summed E-state index contributed by atoms with van der Waals surface area (Å²) in [6, 6.07) is 0. The van der Waals surface area contributed by atoms with Crippen LogP contribution in [0.15, 0.2) is 23.8 Å². The van der Waals surface area contributed by atoms with Gasteiger partial charge < -0.3 is 0 Å². The van der Waals surface area contributed by atoms with Gasteiger partial charge in [-0.3, -0.25) is 0 Å². The summed E-state index contributed by atoms with van der Waals surface area (Å²) >= 11 is 0. The van der Waals surface area contributed by atoms with Gasteiger partial charge in [0.25, 0.3) is 0 Å². The number of unbranched alkanes of at least 4 members (excludes halogenated alkanes) is 1. The molecule has 72 valence electrons. The normalized spacial score (nSPS) is 31.6. The fourth-order valence-corrected chi connectivity index (χ4v) is 2.74. The lowest BCUT2D eigenvalue weighted by atomic mass is 9.94. The average molecular weight is 176 g/mol. The van der Waals surface area contributed by atoms with Crippen LogP contribution in [0.2, 0.25) is 0 Å². The van der Waals surface area contributed by atoms with Crippen LogP contribution in [-0.2, 0) is 0 Å². The molecule has 0 aromatic carbocycles. The standard InChI is InChI=1S/C13H20/c1-2-3-6-11-9-12-7-4-5-8-13(12)10-11/h4-5,7,11,13H,2-3,6,8-10H2,1H3. The smallest absolute Gasteiger partial charge is 0.0163 e. The molecule has 2 rings (SSSR count). The number of hydrogen-bond donors (Lipinski definition) is 0. The zero-order valence-corrected chi connectivity index (χ0v) is 8.63. The monoisotopic (exact) mass is 176 g/mol. The van der Waals surface area contributed by atoms with E-state index in [-0.39, 0.29) is 0 Å². The third-order valence-electron chi connectivity index (χ3n) is 3.50. The summed E-state index contributed by atoms with van der Waals surface area (Å²) in [4.78, 5) is 0. The zero-order chi connectivity index (χ0) is 9.10. The minimum Gasteiger partial charge on any atom is -0.0839 e. The highest BCUT2D eigenvalue weighted by Crippen LogP contribution is 2.41. The number of allylic oxidation sites excluding steroid dienone is 4. The first-order valence-electron chi connectivity index (χ1n) is 5.75. The van der Waals surface area contributed by atoms with E-state index in [9.17, 15) is 0 Å². The molecule has 2 aliphatic carbocycles. The van der Waals surface area contributed by atoms with Crippen molar-refractivity contribution in [3.05, 3.63) is 23.8 Å². The van der Waals surface area contributed by atoms with E-state index in [1.165, 1.54) is 38.5 Å². The van der Waals surface area contributed by atoms with Gasteiger partial charge in [-0.2, -0.15) is 0 Å². The summed E-state index contributed by atoms with van der Waals surface area (Å²) in [5, 5.41) is 0. The van der Waals surface area contributed by atoms with E-state index in [2.05, 4.69) is 25.2 Å². The first-order chi connectivity index (χ1) is 6.40. The molecule has 0 bridgehead atoms. The molecule has 0 saturated heterocycles. The van der Waals surface area contributed by atoms with Gasteiger partial charge in [0, 0.05) is 0 Å². The van der Waals surface area contributed by atoms with Crippen LogP contribution >= 0.6 is 0 Å². The molecule has 0 spiro atoms. The van der Waals surface area contributed by atoms with Crippen molar-refractivity contribution in [1.29, 1.82) is 0 Å². The number of hydrogen-bond acceptors (Lipinski definition) is 0. The predicted molar refractivity (Wildman–Crippen MR) is 57.6 cm³/mol. The molecule has 13 heavy (non-hydrogen) atoms. The van der Waals surface area contributed by atoms with E-state index in [0.29, 0.717) is 0 Å². The Morgan fingerprint density at radius 3 is 3.15 bits per heavy atom. The number of rotatable bonds is 3. The zero-order valence-electron chi connectivity index (χ0n) is 8.63. The quantitative estimate of drug-likeness (QED) is 0.607. The molecule has 2 atom stereocenters. The molecular formula is C13H20. The van der Waals surface area contributed by atoms with Gasteiger partial charge >= 0.3 is 0 Å². The largest absolute Gasteiger partial charge is 0.0839 e. The maximum Gasteiger partial charge on any atom is -0.0163 e. The van der Waals surface area contributed by atoms with Gasteiger partial charge in [-0.05, 0) is 31.1 Å².